The highest BCUT2D eigenvalue weighted by Gasteiger charge is 2.65. The van der Waals surface area contributed by atoms with Crippen LogP contribution in [0.4, 0.5) is 0 Å². The molecule has 1 aliphatic heterocycles. The number of aromatic nitrogens is 2. The molecule has 0 unspecified atom stereocenters. The molecule has 3 aliphatic carbocycles. The van der Waals surface area contributed by atoms with Crippen LogP contribution >= 0.6 is 0 Å². The first kappa shape index (κ1) is 19.8. The molecule has 4 aliphatic rings. The highest BCUT2D eigenvalue weighted by atomic mass is 16.5. The van der Waals surface area contributed by atoms with Crippen LogP contribution in [0.2, 0.25) is 0 Å². The Morgan fingerprint density at radius 2 is 2.16 bits per heavy atom. The minimum absolute atomic E-state index is 0.184. The highest BCUT2D eigenvalue weighted by Crippen LogP contribution is 2.57. The number of hydrogen-bond acceptors (Lipinski definition) is 4. The third kappa shape index (κ3) is 2.92. The molecule has 1 saturated carbocycles. The van der Waals surface area contributed by atoms with Gasteiger partial charge < -0.3 is 9.84 Å². The zero-order chi connectivity index (χ0) is 21.2. The maximum absolute atomic E-state index is 12.6. The summed E-state index contributed by atoms with van der Waals surface area (Å²) < 4.78 is 6.10. The summed E-state index contributed by atoms with van der Waals surface area (Å²) in [5.41, 5.74) is 5.21. The predicted octanol–water partition coefficient (Wildman–Crippen LogP) is 3.71. The molecule has 6 rings (SSSR count). The molecule has 2 aromatic rings. The standard InChI is InChI=1S/C26H35N3O2/c1-3-4-11-31-20-8-7-19-12-24-26(30)14-21-17(2)27-28-23(21)15-25(26,22(19)13-20)9-10-29(24)16-18-5-6-18/h7-8,13,18,24,30H,3-6,9-12,14-16H2,1-2H3,(H,27,28)/t24-,25-,26-/m1/s1. The average molecular weight is 422 g/mol. The molecular weight excluding hydrogens is 386 g/mol. The van der Waals surface area contributed by atoms with Gasteiger partial charge in [0.1, 0.15) is 5.75 Å². The van der Waals surface area contributed by atoms with Crippen LogP contribution in [-0.2, 0) is 24.7 Å². The van der Waals surface area contributed by atoms with Gasteiger partial charge in [-0.15, -0.1) is 0 Å². The highest BCUT2D eigenvalue weighted by molar-refractivity contribution is 5.52. The van der Waals surface area contributed by atoms with Gasteiger partial charge in [-0.1, -0.05) is 19.4 Å². The van der Waals surface area contributed by atoms with Crippen molar-refractivity contribution in [3.8, 4) is 5.75 Å². The summed E-state index contributed by atoms with van der Waals surface area (Å²) in [6.45, 7) is 7.27. The van der Waals surface area contributed by atoms with Gasteiger partial charge in [-0.25, -0.2) is 0 Å². The fourth-order valence-corrected chi connectivity index (χ4v) is 6.72. The van der Waals surface area contributed by atoms with Gasteiger partial charge >= 0.3 is 0 Å². The van der Waals surface area contributed by atoms with E-state index in [0.29, 0.717) is 6.42 Å². The Balaban J connectivity index is 1.45. The molecule has 2 heterocycles. The molecule has 166 valence electrons. The van der Waals surface area contributed by atoms with E-state index < -0.39 is 5.60 Å². The van der Waals surface area contributed by atoms with Crippen molar-refractivity contribution in [2.45, 2.75) is 82.3 Å². The number of nitrogens with zero attached hydrogens (tertiary/aromatic N) is 2. The van der Waals surface area contributed by atoms with Gasteiger partial charge in [0.05, 0.1) is 17.9 Å². The number of fused-ring (bicyclic) bond motifs is 2. The SMILES string of the molecule is CCCCOc1ccc2c(c1)[C@]13CCN(CC4CC4)[C@H](C2)[C@]1(O)Cc1c(n[nH]c1C)C3. The number of ether oxygens (including phenoxy) is 1. The van der Waals surface area contributed by atoms with Crippen LogP contribution in [0.1, 0.15) is 67.1 Å². The van der Waals surface area contributed by atoms with Crippen molar-refractivity contribution in [1.29, 1.82) is 0 Å². The van der Waals surface area contributed by atoms with E-state index in [4.69, 9.17) is 4.74 Å². The summed E-state index contributed by atoms with van der Waals surface area (Å²) in [4.78, 5) is 2.63. The molecule has 2 bridgehead atoms. The number of benzene rings is 1. The third-order valence-corrected chi connectivity index (χ3v) is 8.69. The minimum atomic E-state index is -0.753. The van der Waals surface area contributed by atoms with Gasteiger partial charge in [0.15, 0.2) is 0 Å². The van der Waals surface area contributed by atoms with Crippen LogP contribution < -0.4 is 4.74 Å². The Morgan fingerprint density at radius 1 is 1.29 bits per heavy atom. The Kier molecular flexibility index (Phi) is 4.52. The number of likely N-dealkylation sites (tertiary alicyclic amines) is 1. The van der Waals surface area contributed by atoms with E-state index in [1.54, 1.807) is 0 Å². The first-order valence-electron chi connectivity index (χ1n) is 12.3. The molecule has 0 spiro atoms. The van der Waals surface area contributed by atoms with E-state index in [1.807, 2.05) is 0 Å². The van der Waals surface area contributed by atoms with Crippen LogP contribution in [0.15, 0.2) is 18.2 Å². The van der Waals surface area contributed by atoms with Gasteiger partial charge in [0.2, 0.25) is 0 Å². The van der Waals surface area contributed by atoms with Crippen molar-refractivity contribution in [2.24, 2.45) is 5.92 Å². The maximum atomic E-state index is 12.6. The summed E-state index contributed by atoms with van der Waals surface area (Å²) in [5.74, 6) is 1.79. The second kappa shape index (κ2) is 7.08. The number of H-pyrrole nitrogens is 1. The summed E-state index contributed by atoms with van der Waals surface area (Å²) in [7, 11) is 0. The normalized spacial score (nSPS) is 31.6. The van der Waals surface area contributed by atoms with Crippen molar-refractivity contribution < 1.29 is 9.84 Å². The molecule has 0 amide bonds. The van der Waals surface area contributed by atoms with Crippen molar-refractivity contribution >= 4 is 0 Å². The lowest BCUT2D eigenvalue weighted by Gasteiger charge is -2.63. The van der Waals surface area contributed by atoms with E-state index in [9.17, 15) is 5.11 Å². The van der Waals surface area contributed by atoms with E-state index in [0.717, 1.165) is 74.9 Å². The predicted molar refractivity (Wildman–Crippen MR) is 121 cm³/mol. The monoisotopic (exact) mass is 421 g/mol. The van der Waals surface area contributed by atoms with Gasteiger partial charge in [0, 0.05) is 36.5 Å². The summed E-state index contributed by atoms with van der Waals surface area (Å²) in [6, 6.07) is 6.86. The van der Waals surface area contributed by atoms with Crippen LogP contribution in [0, 0.1) is 12.8 Å². The first-order valence-corrected chi connectivity index (χ1v) is 12.3. The Bertz CT molecular complexity index is 997. The second-order valence-electron chi connectivity index (χ2n) is 10.6. The second-order valence-corrected chi connectivity index (χ2v) is 10.6. The first-order chi connectivity index (χ1) is 15.0. The molecule has 2 N–H and O–H groups in total. The van der Waals surface area contributed by atoms with E-state index >= 15 is 0 Å². The van der Waals surface area contributed by atoms with Crippen molar-refractivity contribution in [3.05, 3.63) is 46.3 Å². The fourth-order valence-electron chi connectivity index (χ4n) is 6.72. The van der Waals surface area contributed by atoms with Crippen LogP contribution in [-0.4, -0.2) is 51.5 Å². The van der Waals surface area contributed by atoms with Crippen LogP contribution in [0.5, 0.6) is 5.75 Å². The number of unbranched alkanes of at least 4 members (excludes halogenated alkanes) is 1. The molecule has 3 atom stereocenters. The quantitative estimate of drug-likeness (QED) is 0.698. The van der Waals surface area contributed by atoms with E-state index in [1.165, 1.54) is 29.5 Å². The number of piperidine rings is 1. The number of rotatable bonds is 6. The maximum Gasteiger partial charge on any atom is 0.119 e. The summed E-state index contributed by atoms with van der Waals surface area (Å²) >= 11 is 0. The summed E-state index contributed by atoms with van der Waals surface area (Å²) in [6.07, 6.45) is 8.36. The number of aryl methyl sites for hydroxylation is 1. The molecule has 5 heteroatoms. The number of aliphatic hydroxyl groups is 1. The molecule has 5 nitrogen and oxygen atoms in total. The van der Waals surface area contributed by atoms with Crippen molar-refractivity contribution in [1.82, 2.24) is 15.1 Å². The fraction of sp³-hybridized carbons (Fsp3) is 0.654. The largest absolute Gasteiger partial charge is 0.494 e. The van der Waals surface area contributed by atoms with Crippen molar-refractivity contribution in [3.63, 3.8) is 0 Å². The molecule has 31 heavy (non-hydrogen) atoms. The molecule has 1 saturated heterocycles. The number of aromatic amines is 1. The van der Waals surface area contributed by atoms with Gasteiger partial charge in [-0.05, 0) is 80.3 Å². The Labute approximate surface area is 185 Å². The topological polar surface area (TPSA) is 61.4 Å². The van der Waals surface area contributed by atoms with E-state index in [2.05, 4.69) is 47.1 Å². The molecular formula is C26H35N3O2. The van der Waals surface area contributed by atoms with E-state index in [-0.39, 0.29) is 11.5 Å². The van der Waals surface area contributed by atoms with Crippen LogP contribution in [0.25, 0.3) is 0 Å². The number of hydrogen-bond donors (Lipinski definition) is 2. The summed E-state index contributed by atoms with van der Waals surface area (Å²) in [5, 5.41) is 20.5. The lowest BCUT2D eigenvalue weighted by Crippen LogP contribution is -2.74. The average Bonchev–Trinajstić information content (AvgIpc) is 3.51. The smallest absolute Gasteiger partial charge is 0.119 e. The van der Waals surface area contributed by atoms with Gasteiger partial charge in [-0.3, -0.25) is 10.00 Å². The molecule has 0 radical (unpaired) electrons. The Morgan fingerprint density at radius 3 is 2.97 bits per heavy atom. The van der Waals surface area contributed by atoms with Crippen molar-refractivity contribution in [2.75, 3.05) is 19.7 Å². The lowest BCUT2D eigenvalue weighted by atomic mass is 9.49. The Hall–Kier alpha value is -1.85. The van der Waals surface area contributed by atoms with Gasteiger partial charge in [-0.2, -0.15) is 5.10 Å². The van der Waals surface area contributed by atoms with Crippen LogP contribution in [0.3, 0.4) is 0 Å². The molecule has 1 aromatic heterocycles. The van der Waals surface area contributed by atoms with Gasteiger partial charge in [0.25, 0.3) is 0 Å². The minimum Gasteiger partial charge on any atom is -0.494 e. The lowest BCUT2D eigenvalue weighted by molar-refractivity contribution is -0.152. The third-order valence-electron chi connectivity index (χ3n) is 8.69. The number of nitrogens with one attached hydrogen (secondary N) is 1. The molecule has 1 aromatic carbocycles. The zero-order valence-electron chi connectivity index (χ0n) is 18.9. The zero-order valence-corrected chi connectivity index (χ0v) is 18.9. The molecule has 2 fully saturated rings.